The van der Waals surface area contributed by atoms with Gasteiger partial charge >= 0.3 is 31.4 Å². The molecule has 0 saturated heterocycles. The standard InChI is InChI=1S/2C11H14O3.Zn/c2*1-11(2,3)8-6-4-5-7(9(8)12)10(13)14;/h2*4-6,12H,1-3H3,(H,13,14);/q;;+2/p-2. The Balaban J connectivity index is 0.000000523. The summed E-state index contributed by atoms with van der Waals surface area (Å²) in [6, 6.07) is 9.22. The normalized spacial score (nSPS) is 11.0. The van der Waals surface area contributed by atoms with E-state index in [2.05, 4.69) is 0 Å². The van der Waals surface area contributed by atoms with Crippen LogP contribution in [0.5, 0.6) is 11.5 Å². The Kier molecular flexibility index (Phi) is 9.06. The van der Waals surface area contributed by atoms with Crippen LogP contribution in [0.25, 0.3) is 0 Å². The number of carbonyl (C=O) groups is 2. The first-order valence-electron chi connectivity index (χ1n) is 8.75. The van der Waals surface area contributed by atoms with E-state index >= 15 is 0 Å². The first-order chi connectivity index (χ1) is 12.7. The number of hydrogen-bond donors (Lipinski definition) is 2. The van der Waals surface area contributed by atoms with Crippen molar-refractivity contribution in [2.45, 2.75) is 52.4 Å². The second-order valence-electron chi connectivity index (χ2n) is 8.47. The number of rotatable bonds is 2. The molecule has 0 aliphatic heterocycles. The van der Waals surface area contributed by atoms with Gasteiger partial charge in [0.05, 0.1) is 11.1 Å². The number of aromatic carboxylic acids is 2. The van der Waals surface area contributed by atoms with Crippen LogP contribution in [0.4, 0.5) is 0 Å². The summed E-state index contributed by atoms with van der Waals surface area (Å²) in [6.45, 7) is 11.3. The predicted octanol–water partition coefficient (Wildman–Crippen LogP) is 3.51. The van der Waals surface area contributed by atoms with Gasteiger partial charge in [0, 0.05) is 0 Å². The number of benzene rings is 2. The predicted molar refractivity (Wildman–Crippen MR) is 103 cm³/mol. The second kappa shape index (κ2) is 9.88. The summed E-state index contributed by atoms with van der Waals surface area (Å²) in [7, 11) is 0. The topological polar surface area (TPSA) is 121 Å². The summed E-state index contributed by atoms with van der Waals surface area (Å²) >= 11 is 0. The van der Waals surface area contributed by atoms with Gasteiger partial charge in [0.2, 0.25) is 0 Å². The molecule has 0 aromatic heterocycles. The van der Waals surface area contributed by atoms with Crippen molar-refractivity contribution >= 4 is 11.9 Å². The Morgan fingerprint density at radius 1 is 0.690 bits per heavy atom. The van der Waals surface area contributed by atoms with Crippen molar-refractivity contribution in [2.24, 2.45) is 0 Å². The Bertz CT molecular complexity index is 802. The van der Waals surface area contributed by atoms with Crippen molar-refractivity contribution in [3.8, 4) is 11.5 Å². The van der Waals surface area contributed by atoms with Gasteiger partial charge in [-0.05, 0) is 34.1 Å². The molecule has 0 saturated carbocycles. The van der Waals surface area contributed by atoms with Crippen LogP contribution in [-0.4, -0.2) is 22.2 Å². The van der Waals surface area contributed by atoms with Crippen LogP contribution in [-0.2, 0) is 30.3 Å². The summed E-state index contributed by atoms with van der Waals surface area (Å²) in [5.41, 5.74) is 0.134. The van der Waals surface area contributed by atoms with Gasteiger partial charge in [-0.1, -0.05) is 77.3 Å². The molecule has 0 bridgehead atoms. The number of carboxylic acid groups (broad SMARTS) is 2. The van der Waals surface area contributed by atoms with Gasteiger partial charge in [-0.25, -0.2) is 9.59 Å². The zero-order valence-electron chi connectivity index (χ0n) is 17.7. The van der Waals surface area contributed by atoms with E-state index < -0.39 is 11.9 Å². The summed E-state index contributed by atoms with van der Waals surface area (Å²) in [4.78, 5) is 21.4. The Hall–Kier alpha value is -2.40. The third-order valence-corrected chi connectivity index (χ3v) is 4.11. The monoisotopic (exact) mass is 450 g/mol. The van der Waals surface area contributed by atoms with E-state index in [0.717, 1.165) is 0 Å². The molecule has 0 aliphatic rings. The third kappa shape index (κ3) is 6.86. The number of para-hydroxylation sites is 2. The van der Waals surface area contributed by atoms with Crippen LogP contribution < -0.4 is 10.2 Å². The van der Waals surface area contributed by atoms with Crippen molar-refractivity contribution < 1.29 is 49.5 Å². The molecule has 0 amide bonds. The zero-order chi connectivity index (χ0) is 21.9. The fourth-order valence-electron chi connectivity index (χ4n) is 2.59. The van der Waals surface area contributed by atoms with Gasteiger partial charge in [-0.2, -0.15) is 0 Å². The smallest absolute Gasteiger partial charge is 0.872 e. The van der Waals surface area contributed by atoms with E-state index in [4.69, 9.17) is 10.2 Å². The molecular formula is C22H26O6Zn. The molecule has 7 heteroatoms. The molecule has 0 radical (unpaired) electrons. The van der Waals surface area contributed by atoms with E-state index in [-0.39, 0.29) is 52.9 Å². The van der Waals surface area contributed by atoms with Crippen molar-refractivity contribution in [3.05, 3.63) is 58.7 Å². The van der Waals surface area contributed by atoms with Crippen LogP contribution in [0.2, 0.25) is 0 Å². The quantitative estimate of drug-likeness (QED) is 0.674. The molecule has 29 heavy (non-hydrogen) atoms. The average molecular weight is 452 g/mol. The first-order valence-corrected chi connectivity index (χ1v) is 8.75. The third-order valence-electron chi connectivity index (χ3n) is 4.11. The Morgan fingerprint density at radius 3 is 1.17 bits per heavy atom. The largest absolute Gasteiger partial charge is 2.00 e. The fourth-order valence-corrected chi connectivity index (χ4v) is 2.59. The van der Waals surface area contributed by atoms with E-state index in [1.54, 1.807) is 24.3 Å². The molecule has 0 fully saturated rings. The molecule has 0 atom stereocenters. The van der Waals surface area contributed by atoms with Gasteiger partial charge < -0.3 is 20.4 Å². The van der Waals surface area contributed by atoms with Crippen molar-refractivity contribution in [1.82, 2.24) is 0 Å². The summed E-state index contributed by atoms with van der Waals surface area (Å²) < 4.78 is 0. The van der Waals surface area contributed by atoms with Gasteiger partial charge in [-0.3, -0.25) is 0 Å². The van der Waals surface area contributed by atoms with E-state index in [1.165, 1.54) is 12.1 Å². The van der Waals surface area contributed by atoms with Crippen LogP contribution in [0.3, 0.4) is 0 Å². The minimum Gasteiger partial charge on any atom is -0.872 e. The van der Waals surface area contributed by atoms with Crippen molar-refractivity contribution in [2.75, 3.05) is 0 Å². The SMILES string of the molecule is CC(C)(C)c1cccc(C(=O)O)c1[O-].CC(C)(C)c1cccc(C(=O)O)c1[O-].[Zn+2]. The van der Waals surface area contributed by atoms with Crippen molar-refractivity contribution in [3.63, 3.8) is 0 Å². The van der Waals surface area contributed by atoms with Crippen LogP contribution in [0, 0.1) is 0 Å². The summed E-state index contributed by atoms with van der Waals surface area (Å²) in [5, 5.41) is 40.9. The van der Waals surface area contributed by atoms with Gasteiger partial charge in [0.25, 0.3) is 0 Å². The average Bonchev–Trinajstić information content (AvgIpc) is 2.53. The molecular weight excluding hydrogens is 426 g/mol. The summed E-state index contributed by atoms with van der Waals surface area (Å²) in [6.07, 6.45) is 0. The number of carboxylic acids is 2. The van der Waals surface area contributed by atoms with E-state index in [1.807, 2.05) is 41.5 Å². The van der Waals surface area contributed by atoms with Gasteiger partial charge in [0.15, 0.2) is 0 Å². The molecule has 0 unspecified atom stereocenters. The zero-order valence-corrected chi connectivity index (χ0v) is 20.7. The maximum Gasteiger partial charge on any atom is 2.00 e. The molecule has 2 aromatic carbocycles. The molecule has 0 aliphatic carbocycles. The minimum absolute atomic E-state index is 0. The molecule has 2 aromatic rings. The fraction of sp³-hybridized carbons (Fsp3) is 0.364. The van der Waals surface area contributed by atoms with Crippen molar-refractivity contribution in [1.29, 1.82) is 0 Å². The maximum atomic E-state index is 11.7. The van der Waals surface area contributed by atoms with Crippen LogP contribution >= 0.6 is 0 Å². The van der Waals surface area contributed by atoms with Crippen LogP contribution in [0.15, 0.2) is 36.4 Å². The molecule has 0 heterocycles. The van der Waals surface area contributed by atoms with Gasteiger partial charge in [0.1, 0.15) is 0 Å². The Labute approximate surface area is 184 Å². The molecule has 0 spiro atoms. The van der Waals surface area contributed by atoms with Gasteiger partial charge in [-0.15, -0.1) is 0 Å². The number of hydrogen-bond acceptors (Lipinski definition) is 4. The minimum atomic E-state index is -1.17. The maximum absolute atomic E-state index is 11.7. The van der Waals surface area contributed by atoms with E-state index in [9.17, 15) is 19.8 Å². The second-order valence-corrected chi connectivity index (χ2v) is 8.47. The molecule has 2 rings (SSSR count). The van der Waals surface area contributed by atoms with E-state index in [0.29, 0.717) is 11.1 Å². The first kappa shape index (κ1) is 26.6. The molecule has 6 nitrogen and oxygen atoms in total. The Morgan fingerprint density at radius 2 is 0.966 bits per heavy atom. The molecule has 152 valence electrons. The van der Waals surface area contributed by atoms with Crippen LogP contribution in [0.1, 0.15) is 73.4 Å². The summed E-state index contributed by atoms with van der Waals surface area (Å²) in [5.74, 6) is -3.10. The molecule has 2 N–H and O–H groups in total.